The second kappa shape index (κ2) is 6.21. The maximum absolute atomic E-state index is 13.0. The Balaban J connectivity index is 1.34. The van der Waals surface area contributed by atoms with Gasteiger partial charge in [0.25, 0.3) is 0 Å². The van der Waals surface area contributed by atoms with Crippen LogP contribution in [0.5, 0.6) is 5.75 Å². The molecule has 2 N–H and O–H groups in total. The zero-order valence-electron chi connectivity index (χ0n) is 19.6. The second-order valence-corrected chi connectivity index (χ2v) is 11.5. The summed E-state index contributed by atoms with van der Waals surface area (Å²) in [5.41, 5.74) is 5.78. The van der Waals surface area contributed by atoms with Crippen molar-refractivity contribution in [3.63, 3.8) is 0 Å². The quantitative estimate of drug-likeness (QED) is 0.441. The number of hydrogen-bond donors (Lipinski definition) is 2. The summed E-state index contributed by atoms with van der Waals surface area (Å²) in [6.45, 7) is 2.13. The lowest BCUT2D eigenvalue weighted by atomic mass is 9.49. The fourth-order valence-corrected chi connectivity index (χ4v) is 8.21. The molecule has 4 atom stereocenters. The first-order valence-corrected chi connectivity index (χ1v) is 13.1. The lowest BCUT2D eigenvalue weighted by molar-refractivity contribution is -0.173. The van der Waals surface area contributed by atoms with Crippen molar-refractivity contribution in [2.24, 2.45) is 5.92 Å². The average molecular weight is 465 g/mol. The van der Waals surface area contributed by atoms with E-state index in [1.807, 2.05) is 12.1 Å². The minimum atomic E-state index is -0.872. The number of ether oxygens (including phenoxy) is 1. The van der Waals surface area contributed by atoms with E-state index in [1.165, 1.54) is 34.9 Å². The summed E-state index contributed by atoms with van der Waals surface area (Å²) in [5.74, 6) is 2.54. The highest BCUT2D eigenvalue weighted by atomic mass is 16.5. The Morgan fingerprint density at radius 1 is 1.09 bits per heavy atom. The maximum atomic E-state index is 13.0. The molecule has 9 rings (SSSR count). The van der Waals surface area contributed by atoms with Crippen LogP contribution in [0, 0.1) is 5.92 Å². The minimum absolute atomic E-state index is 0.109. The third-order valence-electron chi connectivity index (χ3n) is 9.88. The van der Waals surface area contributed by atoms with Crippen molar-refractivity contribution in [2.75, 3.05) is 13.1 Å². The van der Waals surface area contributed by atoms with E-state index in [4.69, 9.17) is 9.15 Å². The largest absolute Gasteiger partial charge is 0.482 e. The first-order valence-electron chi connectivity index (χ1n) is 13.1. The number of hydrogen-bond acceptors (Lipinski definition) is 4. The predicted molar refractivity (Wildman–Crippen MR) is 133 cm³/mol. The smallest absolute Gasteiger partial charge is 0.151 e. The molecule has 0 amide bonds. The van der Waals surface area contributed by atoms with Gasteiger partial charge in [-0.1, -0.05) is 24.3 Å². The van der Waals surface area contributed by atoms with Crippen LogP contribution in [-0.2, 0) is 18.3 Å². The molecular formula is C30H28N2O3. The molecule has 3 aliphatic carbocycles. The van der Waals surface area contributed by atoms with Gasteiger partial charge in [0.1, 0.15) is 11.5 Å². The number of aliphatic hydroxyl groups is 1. The number of piperidine rings is 1. The Kier molecular flexibility index (Phi) is 3.41. The van der Waals surface area contributed by atoms with Crippen LogP contribution in [0.15, 0.2) is 59.2 Å². The molecule has 5 nitrogen and oxygen atoms in total. The van der Waals surface area contributed by atoms with Crippen molar-refractivity contribution in [1.29, 1.82) is 0 Å². The summed E-state index contributed by atoms with van der Waals surface area (Å²) in [5, 5.41) is 14.2. The fraction of sp³-hybridized carbons (Fsp3) is 0.400. The van der Waals surface area contributed by atoms with Gasteiger partial charge in [-0.3, -0.25) is 4.90 Å². The predicted octanol–water partition coefficient (Wildman–Crippen LogP) is 5.13. The van der Waals surface area contributed by atoms with E-state index in [9.17, 15) is 5.11 Å². The number of aromatic amines is 1. The van der Waals surface area contributed by atoms with Crippen molar-refractivity contribution < 1.29 is 14.3 Å². The summed E-state index contributed by atoms with van der Waals surface area (Å²) < 4.78 is 12.9. The molecule has 5 heteroatoms. The third-order valence-corrected chi connectivity index (χ3v) is 9.88. The number of likely N-dealkylation sites (tertiary alicyclic amines) is 1. The zero-order chi connectivity index (χ0) is 22.9. The van der Waals surface area contributed by atoms with Crippen molar-refractivity contribution >= 4 is 10.9 Å². The van der Waals surface area contributed by atoms with Gasteiger partial charge in [-0.05, 0) is 73.5 Å². The minimum Gasteiger partial charge on any atom is -0.482 e. The first kappa shape index (κ1) is 19.2. The number of rotatable bonds is 3. The summed E-state index contributed by atoms with van der Waals surface area (Å²) in [4.78, 5) is 6.36. The number of benzene rings is 2. The van der Waals surface area contributed by atoms with Crippen molar-refractivity contribution in [3.8, 4) is 17.1 Å². The lowest BCUT2D eigenvalue weighted by Gasteiger charge is -2.62. The molecule has 2 aromatic carbocycles. The molecule has 2 fully saturated rings. The van der Waals surface area contributed by atoms with Gasteiger partial charge in [-0.2, -0.15) is 0 Å². The Bertz CT molecular complexity index is 1520. The summed E-state index contributed by atoms with van der Waals surface area (Å²) in [6, 6.07) is 17.0. The van der Waals surface area contributed by atoms with Crippen LogP contribution in [0.3, 0.4) is 0 Å². The summed E-state index contributed by atoms with van der Waals surface area (Å²) in [7, 11) is 0. The number of H-pyrrole nitrogens is 1. The Labute approximate surface area is 203 Å². The molecule has 4 heterocycles. The normalized spacial score (nSPS) is 32.4. The van der Waals surface area contributed by atoms with Gasteiger partial charge in [0.2, 0.25) is 0 Å². The number of nitrogens with zero attached hydrogens (tertiary/aromatic N) is 1. The Hall–Kier alpha value is -3.02. The number of furan rings is 1. The first-order chi connectivity index (χ1) is 17.2. The molecule has 2 bridgehead atoms. The molecule has 0 unspecified atom stereocenters. The number of fused-ring (bicyclic) bond motifs is 4. The van der Waals surface area contributed by atoms with Crippen LogP contribution in [0.25, 0.3) is 22.2 Å². The molecule has 176 valence electrons. The van der Waals surface area contributed by atoms with Crippen molar-refractivity contribution in [3.05, 3.63) is 77.2 Å². The molecule has 5 aliphatic rings. The Morgan fingerprint density at radius 3 is 2.86 bits per heavy atom. The van der Waals surface area contributed by atoms with Crippen molar-refractivity contribution in [2.45, 2.75) is 55.3 Å². The van der Waals surface area contributed by atoms with E-state index in [2.05, 4.69) is 46.3 Å². The lowest BCUT2D eigenvalue weighted by Crippen LogP contribution is -2.74. The number of nitrogens with one attached hydrogen (secondary N) is 1. The molecule has 35 heavy (non-hydrogen) atoms. The highest BCUT2D eigenvalue weighted by molar-refractivity contribution is 5.86. The highest BCUT2D eigenvalue weighted by Crippen LogP contribution is 2.69. The topological polar surface area (TPSA) is 61.6 Å². The second-order valence-electron chi connectivity index (χ2n) is 11.5. The van der Waals surface area contributed by atoms with Crippen LogP contribution in [-0.4, -0.2) is 39.7 Å². The Morgan fingerprint density at radius 2 is 2.00 bits per heavy atom. The van der Waals surface area contributed by atoms with Gasteiger partial charge >= 0.3 is 0 Å². The summed E-state index contributed by atoms with van der Waals surface area (Å²) >= 11 is 0. The molecule has 2 aromatic heterocycles. The van der Waals surface area contributed by atoms with Gasteiger partial charge in [0.05, 0.1) is 28.5 Å². The van der Waals surface area contributed by atoms with Gasteiger partial charge in [0, 0.05) is 35.5 Å². The highest BCUT2D eigenvalue weighted by Gasteiger charge is 2.72. The van der Waals surface area contributed by atoms with Crippen molar-refractivity contribution in [1.82, 2.24) is 9.88 Å². The molecule has 1 spiro atoms. The van der Waals surface area contributed by atoms with Crippen LogP contribution in [0.4, 0.5) is 0 Å². The number of aromatic nitrogens is 1. The van der Waals surface area contributed by atoms with Gasteiger partial charge in [-0.25, -0.2) is 0 Å². The molecule has 2 aliphatic heterocycles. The van der Waals surface area contributed by atoms with Crippen LogP contribution < -0.4 is 4.74 Å². The van der Waals surface area contributed by atoms with E-state index in [1.54, 1.807) is 6.26 Å². The van der Waals surface area contributed by atoms with Crippen LogP contribution in [0.2, 0.25) is 0 Å². The van der Waals surface area contributed by atoms with E-state index < -0.39 is 11.0 Å². The fourth-order valence-electron chi connectivity index (χ4n) is 8.21. The van der Waals surface area contributed by atoms with Crippen LogP contribution >= 0.6 is 0 Å². The monoisotopic (exact) mass is 464 g/mol. The zero-order valence-corrected chi connectivity index (χ0v) is 19.6. The van der Waals surface area contributed by atoms with E-state index >= 15 is 0 Å². The van der Waals surface area contributed by atoms with Crippen LogP contribution in [0.1, 0.15) is 47.8 Å². The standard InChI is InChI=1S/C30H28N2O3/c33-30-15-21-19-4-1-2-5-22(19)31-26(21)28-29(30)11-12-32(16-17-7-8-17)24(30)14-18-9-10-20(23-6-3-13-34-23)27(35-28)25(18)29/h1-6,9-10,13,17,24,28,31,33H,7-8,11-12,14-16H2/t24-,28-,29+,30-/m1/s1. The van der Waals surface area contributed by atoms with Gasteiger partial charge < -0.3 is 19.2 Å². The van der Waals surface area contributed by atoms with E-state index in [0.717, 1.165) is 60.1 Å². The van der Waals surface area contributed by atoms with Gasteiger partial charge in [-0.15, -0.1) is 0 Å². The third kappa shape index (κ3) is 2.19. The van der Waals surface area contributed by atoms with Gasteiger partial charge in [0.15, 0.2) is 6.10 Å². The summed E-state index contributed by atoms with van der Waals surface area (Å²) in [6.07, 6.45) is 6.62. The SMILES string of the molecule is O[C@@]12Cc3c([nH]c4ccccc34)[C@H]3Oc4c(-c5ccco5)ccc5c4[C@@]31CCN(CC1CC1)[C@@H]2C5. The molecule has 4 aromatic rings. The maximum Gasteiger partial charge on any atom is 0.151 e. The number of para-hydroxylation sites is 1. The van der Waals surface area contributed by atoms with E-state index in [0.29, 0.717) is 6.42 Å². The molecule has 1 saturated carbocycles. The average Bonchev–Trinajstić information content (AvgIpc) is 3.25. The molecular weight excluding hydrogens is 436 g/mol. The molecule has 0 radical (unpaired) electrons. The van der Waals surface area contributed by atoms with E-state index in [-0.39, 0.29) is 12.1 Å². The molecule has 1 saturated heterocycles.